The summed E-state index contributed by atoms with van der Waals surface area (Å²) in [6, 6.07) is 11.9. The van der Waals surface area contributed by atoms with Crippen LogP contribution in [0.1, 0.15) is 49.0 Å². The molecule has 0 atom stereocenters. The van der Waals surface area contributed by atoms with Gasteiger partial charge in [-0.2, -0.15) is 0 Å². The fourth-order valence-corrected chi connectivity index (χ4v) is 3.51. The Balaban J connectivity index is 2.13. The van der Waals surface area contributed by atoms with Crippen LogP contribution in [0.4, 0.5) is 5.69 Å². The summed E-state index contributed by atoms with van der Waals surface area (Å²) >= 11 is 11.9. The van der Waals surface area contributed by atoms with Gasteiger partial charge in [-0.25, -0.2) is 5.84 Å². The number of carbonyl (C=O) groups is 2. The summed E-state index contributed by atoms with van der Waals surface area (Å²) in [5, 5.41) is 14.3. The Kier molecular flexibility index (Phi) is 9.32. The van der Waals surface area contributed by atoms with Crippen molar-refractivity contribution in [3.05, 3.63) is 87.1 Å². The summed E-state index contributed by atoms with van der Waals surface area (Å²) in [5.74, 6) is 5.08. The molecule has 1 amide bonds. The van der Waals surface area contributed by atoms with Gasteiger partial charge in [-0.15, -0.1) is 0 Å². The second kappa shape index (κ2) is 11.7. The number of nitrogens with zero attached hydrogens (tertiary/aromatic N) is 1. The van der Waals surface area contributed by atoms with Crippen molar-refractivity contribution in [3.63, 3.8) is 0 Å². The lowest BCUT2D eigenvalue weighted by molar-refractivity contribution is -0.136. The van der Waals surface area contributed by atoms with Crippen LogP contribution in [0.2, 0.25) is 10.0 Å². The predicted octanol–water partition coefficient (Wildman–Crippen LogP) is 6.03. The molecule has 0 spiro atoms. The standard InChI is InChI=1S/C24H27Cl2N3O3/c1-4-15(3)19(13-23(30)31)22(5-2)29(27)14-16-6-9-18(10-7-16)28-24(32)17-8-11-20(25)21(26)12-17/h6-12H,3-5,13-14,27H2,1-2H3,(H,28,32)(H,30,31)/b22-19-. The largest absolute Gasteiger partial charge is 0.481 e. The van der Waals surface area contributed by atoms with E-state index in [4.69, 9.17) is 29.0 Å². The second-order valence-electron chi connectivity index (χ2n) is 7.21. The zero-order valence-electron chi connectivity index (χ0n) is 18.1. The smallest absolute Gasteiger partial charge is 0.307 e. The summed E-state index contributed by atoms with van der Waals surface area (Å²) in [6.07, 6.45) is 1.10. The lowest BCUT2D eigenvalue weighted by atomic mass is 9.98. The predicted molar refractivity (Wildman–Crippen MR) is 130 cm³/mol. The number of anilines is 1. The maximum Gasteiger partial charge on any atom is 0.307 e. The molecule has 2 aromatic rings. The molecule has 0 aromatic heterocycles. The van der Waals surface area contributed by atoms with Crippen LogP contribution in [-0.2, 0) is 11.3 Å². The monoisotopic (exact) mass is 475 g/mol. The minimum absolute atomic E-state index is 0.122. The highest BCUT2D eigenvalue weighted by molar-refractivity contribution is 6.42. The molecule has 0 aliphatic heterocycles. The minimum atomic E-state index is -0.920. The van der Waals surface area contributed by atoms with Crippen LogP contribution in [0.25, 0.3) is 0 Å². The molecule has 2 aromatic carbocycles. The van der Waals surface area contributed by atoms with Crippen molar-refractivity contribution in [1.82, 2.24) is 5.01 Å². The number of carboxylic acids is 1. The number of aliphatic carboxylic acids is 1. The first kappa shape index (κ1) is 25.5. The van der Waals surface area contributed by atoms with Crippen LogP contribution in [0.5, 0.6) is 0 Å². The van der Waals surface area contributed by atoms with Gasteiger partial charge in [0.2, 0.25) is 0 Å². The molecule has 0 saturated carbocycles. The zero-order valence-corrected chi connectivity index (χ0v) is 19.6. The van der Waals surface area contributed by atoms with E-state index in [-0.39, 0.29) is 12.3 Å². The highest BCUT2D eigenvalue weighted by Gasteiger charge is 2.16. The van der Waals surface area contributed by atoms with Gasteiger partial charge >= 0.3 is 5.97 Å². The van der Waals surface area contributed by atoms with E-state index in [1.54, 1.807) is 29.3 Å². The third kappa shape index (κ3) is 6.85. The van der Waals surface area contributed by atoms with Gasteiger partial charge in [0.15, 0.2) is 0 Å². The lowest BCUT2D eigenvalue weighted by Gasteiger charge is -2.25. The molecule has 4 N–H and O–H groups in total. The molecule has 6 nitrogen and oxygen atoms in total. The number of allylic oxidation sites excluding steroid dienone is 2. The van der Waals surface area contributed by atoms with E-state index in [0.29, 0.717) is 46.3 Å². The number of carbonyl (C=O) groups excluding carboxylic acids is 1. The van der Waals surface area contributed by atoms with Gasteiger partial charge in [0.1, 0.15) is 0 Å². The van der Waals surface area contributed by atoms with E-state index >= 15 is 0 Å². The molecule has 170 valence electrons. The number of hydrogen-bond acceptors (Lipinski definition) is 4. The topological polar surface area (TPSA) is 95.7 Å². The molecule has 0 bridgehead atoms. The summed E-state index contributed by atoms with van der Waals surface area (Å²) in [7, 11) is 0. The van der Waals surface area contributed by atoms with E-state index < -0.39 is 5.97 Å². The summed E-state index contributed by atoms with van der Waals surface area (Å²) in [6.45, 7) is 8.25. The van der Waals surface area contributed by atoms with Gasteiger partial charge in [0, 0.05) is 16.9 Å². The third-order valence-electron chi connectivity index (χ3n) is 4.96. The number of carboxylic acid groups (broad SMARTS) is 1. The van der Waals surface area contributed by atoms with Gasteiger partial charge < -0.3 is 15.4 Å². The van der Waals surface area contributed by atoms with Crippen molar-refractivity contribution in [1.29, 1.82) is 0 Å². The first-order valence-electron chi connectivity index (χ1n) is 10.2. The fraction of sp³-hybridized carbons (Fsp3) is 0.250. The summed E-state index contributed by atoms with van der Waals surface area (Å²) < 4.78 is 0. The first-order valence-corrected chi connectivity index (χ1v) is 10.9. The van der Waals surface area contributed by atoms with Crippen LogP contribution in [0.3, 0.4) is 0 Å². The maximum atomic E-state index is 12.4. The number of nitrogens with two attached hydrogens (primary N) is 1. The van der Waals surface area contributed by atoms with E-state index in [9.17, 15) is 14.7 Å². The SMILES string of the molecule is C=C(CC)/C(CC(=O)O)=C(/CC)N(N)Cc1ccc(NC(=O)c2ccc(Cl)c(Cl)c2)cc1. The number of amides is 1. The Morgan fingerprint density at radius 3 is 2.25 bits per heavy atom. The number of halogens is 2. The van der Waals surface area contributed by atoms with E-state index in [1.807, 2.05) is 26.0 Å². The number of hydrogen-bond donors (Lipinski definition) is 3. The van der Waals surface area contributed by atoms with Gasteiger partial charge in [-0.1, -0.05) is 55.8 Å². The zero-order chi connectivity index (χ0) is 23.8. The quantitative estimate of drug-likeness (QED) is 0.221. The average Bonchev–Trinajstić information content (AvgIpc) is 2.75. The van der Waals surface area contributed by atoms with Gasteiger partial charge in [0.05, 0.1) is 23.0 Å². The molecule has 0 aliphatic carbocycles. The van der Waals surface area contributed by atoms with Crippen LogP contribution in [-0.4, -0.2) is 22.0 Å². The summed E-state index contributed by atoms with van der Waals surface area (Å²) in [5.41, 5.74) is 4.09. The van der Waals surface area contributed by atoms with Gasteiger partial charge in [-0.05, 0) is 59.9 Å². The maximum absolute atomic E-state index is 12.4. The van der Waals surface area contributed by atoms with Crippen molar-refractivity contribution in [2.24, 2.45) is 5.84 Å². The minimum Gasteiger partial charge on any atom is -0.481 e. The van der Waals surface area contributed by atoms with Crippen LogP contribution in [0.15, 0.2) is 65.9 Å². The van der Waals surface area contributed by atoms with Crippen LogP contribution in [0, 0.1) is 0 Å². The molecule has 2 rings (SSSR count). The van der Waals surface area contributed by atoms with Crippen LogP contribution >= 0.6 is 23.2 Å². The molecule has 0 unspecified atom stereocenters. The van der Waals surface area contributed by atoms with Crippen molar-refractivity contribution in [3.8, 4) is 0 Å². The van der Waals surface area contributed by atoms with Crippen molar-refractivity contribution >= 4 is 40.8 Å². The summed E-state index contributed by atoms with van der Waals surface area (Å²) in [4.78, 5) is 23.7. The Bertz CT molecular complexity index is 1030. The lowest BCUT2D eigenvalue weighted by Crippen LogP contribution is -2.31. The van der Waals surface area contributed by atoms with Crippen molar-refractivity contribution in [2.45, 2.75) is 39.7 Å². The molecular formula is C24H27Cl2N3O3. The number of rotatable bonds is 10. The van der Waals surface area contributed by atoms with E-state index in [0.717, 1.165) is 16.8 Å². The van der Waals surface area contributed by atoms with Crippen molar-refractivity contribution < 1.29 is 14.7 Å². The first-order chi connectivity index (χ1) is 15.2. The highest BCUT2D eigenvalue weighted by Crippen LogP contribution is 2.25. The molecule has 0 aliphatic rings. The molecular weight excluding hydrogens is 449 g/mol. The Labute approximate surface area is 198 Å². The third-order valence-corrected chi connectivity index (χ3v) is 5.70. The molecule has 8 heteroatoms. The number of benzene rings is 2. The fourth-order valence-electron chi connectivity index (χ4n) is 3.21. The average molecular weight is 476 g/mol. The molecule has 0 radical (unpaired) electrons. The van der Waals surface area contributed by atoms with Gasteiger partial charge in [0.25, 0.3) is 5.91 Å². The van der Waals surface area contributed by atoms with E-state index in [1.165, 1.54) is 6.07 Å². The number of hydrazine groups is 1. The highest BCUT2D eigenvalue weighted by atomic mass is 35.5. The Morgan fingerprint density at radius 2 is 1.72 bits per heavy atom. The number of nitrogens with one attached hydrogen (secondary N) is 1. The van der Waals surface area contributed by atoms with Crippen LogP contribution < -0.4 is 11.2 Å². The molecule has 0 heterocycles. The van der Waals surface area contributed by atoms with E-state index in [2.05, 4.69) is 11.9 Å². The van der Waals surface area contributed by atoms with Crippen molar-refractivity contribution in [2.75, 3.05) is 5.32 Å². The molecule has 0 fully saturated rings. The van der Waals surface area contributed by atoms with Gasteiger partial charge in [-0.3, -0.25) is 9.59 Å². The second-order valence-corrected chi connectivity index (χ2v) is 8.03. The Hall–Kier alpha value is -2.80. The molecule has 32 heavy (non-hydrogen) atoms. The normalized spacial score (nSPS) is 11.5. The molecule has 0 saturated heterocycles. The Morgan fingerprint density at radius 1 is 1.06 bits per heavy atom.